The Morgan fingerprint density at radius 1 is 1.18 bits per heavy atom. The SMILES string of the molecule is CCOC(=O)C1=C(C)N=c2s/c(=C\c3cc(Br)c(OCc4ccc(Cl)cc4Cl)c(Br)c3)c(=O)n2[C@@H]1c1cccs1. The number of thiophene rings is 1. The lowest BCUT2D eigenvalue weighted by atomic mass is 10.0. The number of aromatic nitrogens is 1. The molecule has 206 valence electrons. The molecule has 0 aliphatic carbocycles. The van der Waals surface area contributed by atoms with Crippen molar-refractivity contribution >= 4 is 89.8 Å². The molecule has 4 aromatic rings. The van der Waals surface area contributed by atoms with Gasteiger partial charge in [-0.3, -0.25) is 9.36 Å². The quantitative estimate of drug-likeness (QED) is 0.187. The van der Waals surface area contributed by atoms with Crippen molar-refractivity contribution in [3.05, 3.63) is 114 Å². The number of benzene rings is 2. The molecule has 1 atom stereocenters. The molecule has 1 aliphatic heterocycles. The standard InChI is InChI=1S/C28H20Br2Cl2N2O4S2/c1-3-37-27(36)23-14(2)33-28-34(24(23)21-5-4-8-39-21)26(35)22(40-28)11-15-9-18(29)25(19(30)10-15)38-13-16-6-7-17(31)12-20(16)32/h4-12,24H,3,13H2,1-2H3/b22-11-/t24-/m1/s1. The molecule has 0 unspecified atom stereocenters. The minimum Gasteiger partial charge on any atom is -0.486 e. The molecule has 0 fully saturated rings. The van der Waals surface area contributed by atoms with E-state index in [4.69, 9.17) is 32.7 Å². The van der Waals surface area contributed by atoms with Gasteiger partial charge in [0.25, 0.3) is 5.56 Å². The lowest BCUT2D eigenvalue weighted by Gasteiger charge is -2.23. The number of thiazole rings is 1. The number of hydrogen-bond acceptors (Lipinski definition) is 7. The highest BCUT2D eigenvalue weighted by molar-refractivity contribution is 9.11. The third kappa shape index (κ3) is 5.89. The van der Waals surface area contributed by atoms with Crippen molar-refractivity contribution < 1.29 is 14.3 Å². The van der Waals surface area contributed by atoms with Gasteiger partial charge in [0.15, 0.2) is 4.80 Å². The number of hydrogen-bond donors (Lipinski definition) is 0. The van der Waals surface area contributed by atoms with E-state index in [1.54, 1.807) is 36.6 Å². The summed E-state index contributed by atoms with van der Waals surface area (Å²) in [7, 11) is 0. The van der Waals surface area contributed by atoms with Crippen LogP contribution in [-0.2, 0) is 16.1 Å². The largest absolute Gasteiger partial charge is 0.486 e. The molecule has 1 aliphatic rings. The first-order chi connectivity index (χ1) is 19.2. The predicted octanol–water partition coefficient (Wildman–Crippen LogP) is 7.27. The number of ether oxygens (including phenoxy) is 2. The summed E-state index contributed by atoms with van der Waals surface area (Å²) >= 11 is 22.2. The molecular weight excluding hydrogens is 723 g/mol. The number of rotatable bonds is 7. The molecule has 0 bridgehead atoms. The molecule has 2 aromatic carbocycles. The summed E-state index contributed by atoms with van der Waals surface area (Å²) in [6, 6.07) is 12.2. The Labute approximate surface area is 264 Å². The molecule has 2 aromatic heterocycles. The van der Waals surface area contributed by atoms with Crippen molar-refractivity contribution in [3.63, 3.8) is 0 Å². The van der Waals surface area contributed by atoms with Crippen molar-refractivity contribution in [1.29, 1.82) is 0 Å². The van der Waals surface area contributed by atoms with Gasteiger partial charge >= 0.3 is 5.97 Å². The average molecular weight is 743 g/mol. The average Bonchev–Trinajstić information content (AvgIpc) is 3.52. The van der Waals surface area contributed by atoms with E-state index in [1.807, 2.05) is 35.7 Å². The number of halogens is 4. The number of carbonyl (C=O) groups excluding carboxylic acids is 1. The van der Waals surface area contributed by atoms with Crippen LogP contribution in [0, 0.1) is 0 Å². The Hall–Kier alpha value is -2.21. The van der Waals surface area contributed by atoms with Gasteiger partial charge in [-0.25, -0.2) is 9.79 Å². The van der Waals surface area contributed by atoms with Crippen LogP contribution in [0.5, 0.6) is 5.75 Å². The molecule has 12 heteroatoms. The molecule has 0 amide bonds. The monoisotopic (exact) mass is 740 g/mol. The van der Waals surface area contributed by atoms with Gasteiger partial charge in [-0.15, -0.1) is 11.3 Å². The summed E-state index contributed by atoms with van der Waals surface area (Å²) < 4.78 is 14.8. The zero-order valence-corrected chi connectivity index (χ0v) is 27.4. The highest BCUT2D eigenvalue weighted by Crippen LogP contribution is 2.36. The fraction of sp³-hybridized carbons (Fsp3) is 0.179. The first kappa shape index (κ1) is 29.3. The van der Waals surface area contributed by atoms with E-state index < -0.39 is 12.0 Å². The van der Waals surface area contributed by atoms with Crippen LogP contribution in [0.1, 0.15) is 35.9 Å². The number of esters is 1. The zero-order chi connectivity index (χ0) is 28.6. The van der Waals surface area contributed by atoms with Gasteiger partial charge < -0.3 is 9.47 Å². The molecule has 0 radical (unpaired) electrons. The molecule has 3 heterocycles. The number of carbonyl (C=O) groups is 1. The number of allylic oxidation sites excluding steroid dienone is 1. The Balaban J connectivity index is 1.52. The normalized spacial score (nSPS) is 15.2. The summed E-state index contributed by atoms with van der Waals surface area (Å²) in [5, 5.41) is 3.00. The first-order valence-electron chi connectivity index (χ1n) is 12.0. The molecule has 0 saturated heterocycles. The van der Waals surface area contributed by atoms with Crippen LogP contribution in [0.15, 0.2) is 77.8 Å². The Kier molecular flexibility index (Phi) is 9.04. The van der Waals surface area contributed by atoms with Crippen molar-refractivity contribution in [2.75, 3.05) is 6.61 Å². The lowest BCUT2D eigenvalue weighted by Crippen LogP contribution is -2.39. The Morgan fingerprint density at radius 3 is 2.58 bits per heavy atom. The molecular formula is C28H20Br2Cl2N2O4S2. The van der Waals surface area contributed by atoms with Gasteiger partial charge in [0, 0.05) is 20.5 Å². The van der Waals surface area contributed by atoms with Gasteiger partial charge in [0.1, 0.15) is 18.4 Å². The van der Waals surface area contributed by atoms with Gasteiger partial charge in [0.2, 0.25) is 0 Å². The molecule has 0 N–H and O–H groups in total. The van der Waals surface area contributed by atoms with Crippen molar-refractivity contribution in [3.8, 4) is 5.75 Å². The summed E-state index contributed by atoms with van der Waals surface area (Å²) in [6.45, 7) is 4.00. The van der Waals surface area contributed by atoms with Crippen LogP contribution >= 0.6 is 77.7 Å². The van der Waals surface area contributed by atoms with Gasteiger partial charge in [0.05, 0.1) is 31.4 Å². The van der Waals surface area contributed by atoms with E-state index in [0.29, 0.717) is 45.3 Å². The van der Waals surface area contributed by atoms with Gasteiger partial charge in [-0.1, -0.05) is 46.7 Å². The minimum atomic E-state index is -0.605. The summed E-state index contributed by atoms with van der Waals surface area (Å²) in [4.78, 5) is 32.7. The first-order valence-corrected chi connectivity index (χ1v) is 16.0. The smallest absolute Gasteiger partial charge is 0.338 e. The van der Waals surface area contributed by atoms with E-state index in [-0.39, 0.29) is 18.8 Å². The summed E-state index contributed by atoms with van der Waals surface area (Å²) in [6.07, 6.45) is 1.80. The third-order valence-electron chi connectivity index (χ3n) is 6.04. The van der Waals surface area contributed by atoms with Crippen molar-refractivity contribution in [2.24, 2.45) is 4.99 Å². The lowest BCUT2D eigenvalue weighted by molar-refractivity contribution is -0.139. The van der Waals surface area contributed by atoms with Crippen LogP contribution in [0.2, 0.25) is 10.0 Å². The highest BCUT2D eigenvalue weighted by atomic mass is 79.9. The zero-order valence-electron chi connectivity index (χ0n) is 21.0. The molecule has 0 spiro atoms. The van der Waals surface area contributed by atoms with E-state index in [1.165, 1.54) is 22.7 Å². The maximum absolute atomic E-state index is 13.8. The number of nitrogens with zero attached hydrogens (tertiary/aromatic N) is 2. The predicted molar refractivity (Wildman–Crippen MR) is 167 cm³/mol. The third-order valence-corrected chi connectivity index (χ3v) is 9.71. The summed E-state index contributed by atoms with van der Waals surface area (Å²) in [5.41, 5.74) is 2.25. The Bertz CT molecular complexity index is 1810. The fourth-order valence-corrected chi connectivity index (χ4v) is 8.03. The minimum absolute atomic E-state index is 0.230. The van der Waals surface area contributed by atoms with Crippen LogP contribution in [-0.4, -0.2) is 17.1 Å². The molecule has 6 nitrogen and oxygen atoms in total. The topological polar surface area (TPSA) is 69.9 Å². The second-order valence-corrected chi connectivity index (χ2v) is 13.2. The van der Waals surface area contributed by atoms with Crippen LogP contribution < -0.4 is 19.6 Å². The van der Waals surface area contributed by atoms with Crippen LogP contribution in [0.25, 0.3) is 6.08 Å². The van der Waals surface area contributed by atoms with E-state index in [9.17, 15) is 9.59 Å². The molecule has 5 rings (SSSR count). The second kappa shape index (κ2) is 12.3. The van der Waals surface area contributed by atoms with Crippen LogP contribution in [0.3, 0.4) is 0 Å². The maximum atomic E-state index is 13.8. The van der Waals surface area contributed by atoms with E-state index >= 15 is 0 Å². The number of fused-ring (bicyclic) bond motifs is 1. The van der Waals surface area contributed by atoms with Gasteiger partial charge in [-0.2, -0.15) is 0 Å². The maximum Gasteiger partial charge on any atom is 0.338 e. The second-order valence-electron chi connectivity index (χ2n) is 8.66. The highest BCUT2D eigenvalue weighted by Gasteiger charge is 2.33. The Morgan fingerprint density at radius 2 is 1.93 bits per heavy atom. The summed E-state index contributed by atoms with van der Waals surface area (Å²) in [5.74, 6) is 0.122. The van der Waals surface area contributed by atoms with E-state index in [0.717, 1.165) is 16.0 Å². The molecule has 40 heavy (non-hydrogen) atoms. The van der Waals surface area contributed by atoms with Crippen LogP contribution in [0.4, 0.5) is 0 Å². The van der Waals surface area contributed by atoms with Gasteiger partial charge in [-0.05, 0) is 93.1 Å². The van der Waals surface area contributed by atoms with E-state index in [2.05, 4.69) is 36.9 Å². The van der Waals surface area contributed by atoms with Crippen molar-refractivity contribution in [2.45, 2.75) is 26.5 Å². The van der Waals surface area contributed by atoms with Crippen molar-refractivity contribution in [1.82, 2.24) is 4.57 Å². The molecule has 0 saturated carbocycles. The fourth-order valence-electron chi connectivity index (χ4n) is 4.25.